The van der Waals surface area contributed by atoms with Gasteiger partial charge in [-0.15, -0.1) is 0 Å². The molecule has 52 heavy (non-hydrogen) atoms. The average Bonchev–Trinajstić information content (AvgIpc) is 3.15. The van der Waals surface area contributed by atoms with Gasteiger partial charge in [-0.3, -0.25) is 9.59 Å². The van der Waals surface area contributed by atoms with E-state index in [9.17, 15) is 14.7 Å². The lowest BCUT2D eigenvalue weighted by Crippen LogP contribution is -2.28. The van der Waals surface area contributed by atoms with Crippen LogP contribution >= 0.6 is 0 Å². The number of esters is 2. The number of aliphatic hydroxyl groups is 1. The molecule has 0 aromatic carbocycles. The van der Waals surface area contributed by atoms with Crippen molar-refractivity contribution >= 4 is 11.9 Å². The maximum atomic E-state index is 12.2. The molecule has 0 aliphatic carbocycles. The predicted octanol–water partition coefficient (Wildman–Crippen LogP) is 14.0. The Bertz CT molecular complexity index is 915. The molecule has 1 atom stereocenters. The largest absolute Gasteiger partial charge is 0.462 e. The molecule has 0 radical (unpaired) electrons. The van der Waals surface area contributed by atoms with Crippen LogP contribution in [-0.2, 0) is 19.1 Å². The molecular weight excluding hydrogens is 645 g/mol. The molecule has 0 aliphatic heterocycles. The summed E-state index contributed by atoms with van der Waals surface area (Å²) in [4.78, 5) is 24.3. The van der Waals surface area contributed by atoms with Crippen molar-refractivity contribution in [1.29, 1.82) is 0 Å². The molecule has 0 bridgehead atoms. The van der Waals surface area contributed by atoms with E-state index in [4.69, 9.17) is 9.47 Å². The lowest BCUT2D eigenvalue weighted by molar-refractivity contribution is -0.161. The monoisotopic (exact) mass is 727 g/mol. The number of ether oxygens (including phenoxy) is 2. The van der Waals surface area contributed by atoms with Gasteiger partial charge in [0.05, 0.1) is 6.61 Å². The van der Waals surface area contributed by atoms with E-state index >= 15 is 0 Å². The van der Waals surface area contributed by atoms with Gasteiger partial charge < -0.3 is 14.6 Å². The number of carbonyl (C=O) groups is 2. The lowest BCUT2D eigenvalue weighted by atomic mass is 10.0. The molecule has 0 aromatic heterocycles. The highest BCUT2D eigenvalue weighted by molar-refractivity contribution is 5.70. The number of hydrogen-bond donors (Lipinski definition) is 1. The van der Waals surface area contributed by atoms with E-state index in [0.717, 1.165) is 64.2 Å². The molecule has 300 valence electrons. The van der Waals surface area contributed by atoms with Gasteiger partial charge in [0, 0.05) is 12.8 Å². The third-order valence-corrected chi connectivity index (χ3v) is 9.30. The predicted molar refractivity (Wildman–Crippen MR) is 223 cm³/mol. The van der Waals surface area contributed by atoms with Gasteiger partial charge in [-0.05, 0) is 77.0 Å². The SMILES string of the molecule is CC/C=C\C/C=C\C/C=C\C/C=C\CCCCC(=O)OC(CO)COC(=O)CCCCCCCCCCCCC/C=C\CCCCCCCCCC. The summed E-state index contributed by atoms with van der Waals surface area (Å²) in [6, 6.07) is 0. The van der Waals surface area contributed by atoms with Gasteiger partial charge in [0.1, 0.15) is 6.61 Å². The van der Waals surface area contributed by atoms with Crippen molar-refractivity contribution in [2.24, 2.45) is 0 Å². The van der Waals surface area contributed by atoms with Gasteiger partial charge in [0.15, 0.2) is 6.10 Å². The van der Waals surface area contributed by atoms with Gasteiger partial charge in [-0.1, -0.05) is 177 Å². The van der Waals surface area contributed by atoms with Gasteiger partial charge in [0.25, 0.3) is 0 Å². The van der Waals surface area contributed by atoms with Crippen molar-refractivity contribution in [2.45, 2.75) is 213 Å². The number of hydrogen-bond acceptors (Lipinski definition) is 5. The Morgan fingerprint density at radius 3 is 1.31 bits per heavy atom. The molecule has 0 saturated heterocycles. The van der Waals surface area contributed by atoms with Gasteiger partial charge >= 0.3 is 11.9 Å². The van der Waals surface area contributed by atoms with Crippen molar-refractivity contribution in [2.75, 3.05) is 13.2 Å². The van der Waals surface area contributed by atoms with E-state index in [-0.39, 0.29) is 25.2 Å². The first-order chi connectivity index (χ1) is 25.6. The van der Waals surface area contributed by atoms with Crippen LogP contribution in [0.3, 0.4) is 0 Å². The molecule has 5 heteroatoms. The summed E-state index contributed by atoms with van der Waals surface area (Å²) in [5, 5.41) is 9.57. The van der Waals surface area contributed by atoms with Crippen molar-refractivity contribution in [1.82, 2.24) is 0 Å². The van der Waals surface area contributed by atoms with Crippen molar-refractivity contribution in [3.63, 3.8) is 0 Å². The Labute approximate surface area is 321 Å². The second-order valence-electron chi connectivity index (χ2n) is 14.4. The summed E-state index contributed by atoms with van der Waals surface area (Å²) in [6.07, 6.45) is 55.9. The molecule has 1 unspecified atom stereocenters. The smallest absolute Gasteiger partial charge is 0.306 e. The molecule has 0 spiro atoms. The third kappa shape index (κ3) is 40.4. The molecule has 0 saturated carbocycles. The zero-order chi connectivity index (χ0) is 37.8. The van der Waals surface area contributed by atoms with Crippen LogP contribution in [0.25, 0.3) is 0 Å². The van der Waals surface area contributed by atoms with Crippen LogP contribution in [0.2, 0.25) is 0 Å². The first-order valence-corrected chi connectivity index (χ1v) is 21.8. The van der Waals surface area contributed by atoms with Crippen LogP contribution in [-0.4, -0.2) is 36.4 Å². The Balaban J connectivity index is 3.56. The highest BCUT2D eigenvalue weighted by Crippen LogP contribution is 2.14. The zero-order valence-corrected chi connectivity index (χ0v) is 34.1. The van der Waals surface area contributed by atoms with Crippen LogP contribution in [0.15, 0.2) is 60.8 Å². The Kier molecular flexibility index (Phi) is 41.0. The Morgan fingerprint density at radius 1 is 0.462 bits per heavy atom. The lowest BCUT2D eigenvalue weighted by Gasteiger charge is -2.15. The van der Waals surface area contributed by atoms with Crippen LogP contribution in [0.5, 0.6) is 0 Å². The fourth-order valence-corrected chi connectivity index (χ4v) is 6.01. The molecule has 1 N–H and O–H groups in total. The molecule has 0 rings (SSSR count). The molecule has 5 nitrogen and oxygen atoms in total. The third-order valence-electron chi connectivity index (χ3n) is 9.30. The van der Waals surface area contributed by atoms with Gasteiger partial charge in [0.2, 0.25) is 0 Å². The van der Waals surface area contributed by atoms with Crippen LogP contribution in [0, 0.1) is 0 Å². The fraction of sp³-hybridized carbons (Fsp3) is 0.745. The van der Waals surface area contributed by atoms with E-state index in [1.54, 1.807) is 0 Å². The zero-order valence-electron chi connectivity index (χ0n) is 34.1. The second kappa shape index (κ2) is 43.0. The number of carbonyl (C=O) groups excluding carboxylic acids is 2. The van der Waals surface area contributed by atoms with Gasteiger partial charge in [-0.2, -0.15) is 0 Å². The summed E-state index contributed by atoms with van der Waals surface area (Å²) in [7, 11) is 0. The molecule has 0 heterocycles. The molecule has 0 fully saturated rings. The summed E-state index contributed by atoms with van der Waals surface area (Å²) in [5.41, 5.74) is 0. The second-order valence-corrected chi connectivity index (χ2v) is 14.4. The van der Waals surface area contributed by atoms with E-state index in [0.29, 0.717) is 12.8 Å². The van der Waals surface area contributed by atoms with Crippen LogP contribution in [0.4, 0.5) is 0 Å². The summed E-state index contributed by atoms with van der Waals surface area (Å²) in [5.74, 6) is -0.640. The number of allylic oxidation sites excluding steroid dienone is 10. The summed E-state index contributed by atoms with van der Waals surface area (Å²) >= 11 is 0. The first-order valence-electron chi connectivity index (χ1n) is 21.8. The molecular formula is C47H82O5. The molecule has 0 aromatic rings. The minimum Gasteiger partial charge on any atom is -0.462 e. The maximum absolute atomic E-state index is 12.2. The Morgan fingerprint density at radius 2 is 0.827 bits per heavy atom. The van der Waals surface area contributed by atoms with Gasteiger partial charge in [-0.25, -0.2) is 0 Å². The van der Waals surface area contributed by atoms with Crippen molar-refractivity contribution in [3.05, 3.63) is 60.8 Å². The van der Waals surface area contributed by atoms with E-state index < -0.39 is 6.10 Å². The summed E-state index contributed by atoms with van der Waals surface area (Å²) < 4.78 is 10.6. The highest BCUT2D eigenvalue weighted by Gasteiger charge is 2.16. The minimum atomic E-state index is -0.794. The topological polar surface area (TPSA) is 72.8 Å². The summed E-state index contributed by atoms with van der Waals surface area (Å²) in [6.45, 7) is 3.99. The number of unbranched alkanes of at least 4 members (excludes halogenated alkanes) is 21. The normalized spacial score (nSPS) is 12.8. The molecule has 0 aliphatic rings. The quantitative estimate of drug-likeness (QED) is 0.0388. The van der Waals surface area contributed by atoms with Crippen LogP contribution < -0.4 is 0 Å². The maximum Gasteiger partial charge on any atom is 0.306 e. The fourth-order valence-electron chi connectivity index (χ4n) is 6.01. The standard InChI is InChI=1S/C47H82O5/c1-3-5-7-9-11-13-15-17-19-20-21-22-23-24-25-26-28-29-31-33-35-37-39-41-46(49)51-44-45(43-48)52-47(50)42-40-38-36-34-32-30-27-18-16-14-12-10-8-6-4-2/h6,8,12,14,18,20-21,27,32,34,45,48H,3-5,7,9-11,13,15-17,19,22-26,28-31,33,35-44H2,1-2H3/b8-6-,14-12-,21-20-,27-18-,34-32-. The van der Waals surface area contributed by atoms with Crippen LogP contribution in [0.1, 0.15) is 206 Å². The average molecular weight is 727 g/mol. The molecule has 0 amide bonds. The Hall–Kier alpha value is -2.40. The van der Waals surface area contributed by atoms with E-state index in [1.807, 2.05) is 0 Å². The number of aliphatic hydroxyl groups excluding tert-OH is 1. The van der Waals surface area contributed by atoms with E-state index in [2.05, 4.69) is 74.6 Å². The minimum absolute atomic E-state index is 0.0842. The number of rotatable bonds is 39. The van der Waals surface area contributed by atoms with Crippen molar-refractivity contribution in [3.8, 4) is 0 Å². The van der Waals surface area contributed by atoms with E-state index in [1.165, 1.54) is 116 Å². The highest BCUT2D eigenvalue weighted by atomic mass is 16.6. The first kappa shape index (κ1) is 49.6. The van der Waals surface area contributed by atoms with Crippen molar-refractivity contribution < 1.29 is 24.2 Å².